The first-order chi connectivity index (χ1) is 10.0. The van der Waals surface area contributed by atoms with Gasteiger partial charge in [-0.25, -0.2) is 13.1 Å². The van der Waals surface area contributed by atoms with Crippen molar-refractivity contribution in [1.29, 1.82) is 0 Å². The Bertz CT molecular complexity index is 601. The van der Waals surface area contributed by atoms with Gasteiger partial charge in [0.05, 0.1) is 18.3 Å². The summed E-state index contributed by atoms with van der Waals surface area (Å²) in [5.41, 5.74) is 0.885. The molecule has 1 aliphatic rings. The predicted octanol–water partition coefficient (Wildman–Crippen LogP) is 0.608. The lowest BCUT2D eigenvalue weighted by Crippen LogP contribution is -2.38. The van der Waals surface area contributed by atoms with Gasteiger partial charge < -0.3 is 10.1 Å². The Kier molecular flexibility index (Phi) is 5.19. The molecule has 0 unspecified atom stereocenters. The molecule has 1 amide bonds. The van der Waals surface area contributed by atoms with Gasteiger partial charge in [0.15, 0.2) is 0 Å². The zero-order valence-corrected chi connectivity index (χ0v) is 12.8. The highest BCUT2D eigenvalue weighted by molar-refractivity contribution is 7.89. The van der Waals surface area contributed by atoms with Gasteiger partial charge in [-0.3, -0.25) is 4.79 Å². The molecule has 21 heavy (non-hydrogen) atoms. The minimum atomic E-state index is -3.21. The van der Waals surface area contributed by atoms with Crippen LogP contribution in [0, 0.1) is 0 Å². The maximum Gasteiger partial charge on any atom is 0.227 e. The third-order valence-electron chi connectivity index (χ3n) is 3.40. The first-order valence-electron chi connectivity index (χ1n) is 7.00. The average Bonchev–Trinajstić information content (AvgIpc) is 2.51. The largest absolute Gasteiger partial charge is 0.493 e. The Labute approximate surface area is 124 Å². The van der Waals surface area contributed by atoms with Gasteiger partial charge in [0.2, 0.25) is 15.9 Å². The minimum absolute atomic E-state index is 0.0360. The molecule has 116 valence electrons. The summed E-state index contributed by atoms with van der Waals surface area (Å²) in [6.07, 6.45) is 0.629. The summed E-state index contributed by atoms with van der Waals surface area (Å²) >= 11 is 0. The van der Waals surface area contributed by atoms with E-state index < -0.39 is 10.0 Å². The number of fused-ring (bicyclic) bond motifs is 1. The summed E-state index contributed by atoms with van der Waals surface area (Å²) in [6, 6.07) is 7.49. The number of hydrogen-bond acceptors (Lipinski definition) is 4. The Balaban J connectivity index is 1.88. The fourth-order valence-corrected chi connectivity index (χ4v) is 2.85. The van der Waals surface area contributed by atoms with Crippen molar-refractivity contribution >= 4 is 15.9 Å². The molecule has 1 aromatic rings. The van der Waals surface area contributed by atoms with Crippen LogP contribution in [0.2, 0.25) is 0 Å². The molecule has 0 bridgehead atoms. The number of amides is 1. The van der Waals surface area contributed by atoms with E-state index >= 15 is 0 Å². The quantitative estimate of drug-likeness (QED) is 0.754. The van der Waals surface area contributed by atoms with E-state index in [1.165, 1.54) is 0 Å². The molecule has 6 nitrogen and oxygen atoms in total. The molecule has 7 heteroatoms. The highest BCUT2D eigenvalue weighted by Gasteiger charge is 2.26. The average molecular weight is 312 g/mol. The molecule has 0 aliphatic carbocycles. The topological polar surface area (TPSA) is 84.5 Å². The summed E-state index contributed by atoms with van der Waals surface area (Å²) in [5, 5.41) is 2.77. The van der Waals surface area contributed by atoms with Crippen LogP contribution >= 0.6 is 0 Å². The number of para-hydroxylation sites is 1. The molecule has 0 aromatic heterocycles. The Hall–Kier alpha value is -1.60. The van der Waals surface area contributed by atoms with E-state index in [9.17, 15) is 13.2 Å². The second kappa shape index (κ2) is 6.91. The molecule has 1 aliphatic heterocycles. The molecule has 1 atom stereocenters. The number of carbonyl (C=O) groups excluding carboxylic acids is 1. The first-order valence-corrected chi connectivity index (χ1v) is 8.65. The number of carbonyl (C=O) groups is 1. The van der Waals surface area contributed by atoms with Gasteiger partial charge in [-0.15, -0.1) is 0 Å². The molecule has 0 radical (unpaired) electrons. The number of nitrogens with one attached hydrogen (secondary N) is 2. The van der Waals surface area contributed by atoms with Gasteiger partial charge in [0, 0.05) is 18.7 Å². The summed E-state index contributed by atoms with van der Waals surface area (Å²) in [4.78, 5) is 12.2. The summed E-state index contributed by atoms with van der Waals surface area (Å²) in [7, 11) is -3.21. The summed E-state index contributed by atoms with van der Waals surface area (Å²) in [5.74, 6) is 0.448. The smallest absolute Gasteiger partial charge is 0.227 e. The third-order valence-corrected chi connectivity index (χ3v) is 4.81. The lowest BCUT2D eigenvalue weighted by Gasteiger charge is -2.25. The van der Waals surface area contributed by atoms with Gasteiger partial charge in [0.25, 0.3) is 0 Å². The second-order valence-corrected chi connectivity index (χ2v) is 6.91. The van der Waals surface area contributed by atoms with Crippen molar-refractivity contribution in [2.45, 2.75) is 19.3 Å². The van der Waals surface area contributed by atoms with Crippen LogP contribution in [0.3, 0.4) is 0 Å². The molecule has 1 aromatic carbocycles. The normalized spacial score (nSPS) is 17.7. The van der Waals surface area contributed by atoms with Crippen molar-refractivity contribution in [3.05, 3.63) is 29.8 Å². The van der Waals surface area contributed by atoms with E-state index in [1.807, 2.05) is 24.3 Å². The number of benzene rings is 1. The number of rotatable bonds is 6. The van der Waals surface area contributed by atoms with Crippen LogP contribution in [-0.2, 0) is 14.8 Å². The maximum absolute atomic E-state index is 12.2. The number of ether oxygens (including phenoxy) is 1. The molecule has 0 spiro atoms. The molecular formula is C14H20N2O4S. The van der Waals surface area contributed by atoms with Gasteiger partial charge in [-0.05, 0) is 19.4 Å². The monoisotopic (exact) mass is 312 g/mol. The van der Waals surface area contributed by atoms with E-state index in [4.69, 9.17) is 4.74 Å². The lowest BCUT2D eigenvalue weighted by atomic mass is 9.92. The third kappa shape index (κ3) is 4.18. The second-order valence-electron chi connectivity index (χ2n) is 4.82. The Morgan fingerprint density at radius 3 is 2.86 bits per heavy atom. The molecule has 0 fully saturated rings. The van der Waals surface area contributed by atoms with Gasteiger partial charge >= 0.3 is 0 Å². The van der Waals surface area contributed by atoms with Crippen LogP contribution in [0.15, 0.2) is 24.3 Å². The molecule has 2 rings (SSSR count). The first kappa shape index (κ1) is 15.8. The zero-order valence-electron chi connectivity index (χ0n) is 12.0. The molecule has 0 saturated carbocycles. The van der Waals surface area contributed by atoms with Gasteiger partial charge in [-0.1, -0.05) is 18.2 Å². The van der Waals surface area contributed by atoms with Gasteiger partial charge in [-0.2, -0.15) is 0 Å². The van der Waals surface area contributed by atoms with Crippen molar-refractivity contribution in [3.8, 4) is 5.75 Å². The minimum Gasteiger partial charge on any atom is -0.493 e. The zero-order chi connectivity index (χ0) is 15.3. The van der Waals surface area contributed by atoms with Crippen molar-refractivity contribution in [2.24, 2.45) is 0 Å². The standard InChI is InChI=1S/C14H20N2O4S/c1-2-21(18,19)16-9-8-15-14(17)12-7-10-20-13-6-4-3-5-11(12)13/h3-6,12,16H,2,7-10H2,1H3,(H,15,17)/t12-/m0/s1. The maximum atomic E-state index is 12.2. The fourth-order valence-electron chi connectivity index (χ4n) is 2.23. The molecule has 2 N–H and O–H groups in total. The van der Waals surface area contributed by atoms with Crippen LogP contribution in [0.4, 0.5) is 0 Å². The van der Waals surface area contributed by atoms with Crippen LogP contribution in [0.5, 0.6) is 5.75 Å². The SMILES string of the molecule is CCS(=O)(=O)NCCNC(=O)[C@H]1CCOc2ccccc21. The van der Waals surface area contributed by atoms with Crippen LogP contribution < -0.4 is 14.8 Å². The van der Waals surface area contributed by atoms with Crippen LogP contribution in [0.1, 0.15) is 24.8 Å². The Morgan fingerprint density at radius 1 is 1.33 bits per heavy atom. The number of sulfonamides is 1. The number of hydrogen-bond donors (Lipinski definition) is 2. The highest BCUT2D eigenvalue weighted by Crippen LogP contribution is 2.33. The summed E-state index contributed by atoms with van der Waals surface area (Å²) < 4.78 is 30.5. The van der Waals surface area contributed by atoms with Crippen LogP contribution in [-0.4, -0.2) is 39.8 Å². The van der Waals surface area contributed by atoms with Crippen molar-refractivity contribution < 1.29 is 17.9 Å². The van der Waals surface area contributed by atoms with Crippen LogP contribution in [0.25, 0.3) is 0 Å². The van der Waals surface area contributed by atoms with Gasteiger partial charge in [0.1, 0.15) is 5.75 Å². The molecule has 0 saturated heterocycles. The summed E-state index contributed by atoms with van der Waals surface area (Å²) in [6.45, 7) is 2.56. The van der Waals surface area contributed by atoms with E-state index in [-0.39, 0.29) is 30.7 Å². The predicted molar refractivity (Wildman–Crippen MR) is 79.8 cm³/mol. The fraction of sp³-hybridized carbons (Fsp3) is 0.500. The van der Waals surface area contributed by atoms with E-state index in [0.29, 0.717) is 13.0 Å². The molecule has 1 heterocycles. The lowest BCUT2D eigenvalue weighted by molar-refractivity contribution is -0.123. The van der Waals surface area contributed by atoms with Crippen molar-refractivity contribution in [2.75, 3.05) is 25.4 Å². The van der Waals surface area contributed by atoms with Crippen molar-refractivity contribution in [3.63, 3.8) is 0 Å². The molecular weight excluding hydrogens is 292 g/mol. The Morgan fingerprint density at radius 2 is 2.10 bits per heavy atom. The highest BCUT2D eigenvalue weighted by atomic mass is 32.2. The van der Waals surface area contributed by atoms with E-state index in [2.05, 4.69) is 10.0 Å². The van der Waals surface area contributed by atoms with E-state index in [1.54, 1.807) is 6.92 Å². The van der Waals surface area contributed by atoms with E-state index in [0.717, 1.165) is 11.3 Å². The van der Waals surface area contributed by atoms with Crippen molar-refractivity contribution in [1.82, 2.24) is 10.0 Å².